The topological polar surface area (TPSA) is 63.7 Å². The molecule has 0 spiro atoms. The molecule has 1 aromatic carbocycles. The van der Waals surface area contributed by atoms with Crippen LogP contribution in [-0.2, 0) is 6.54 Å². The third kappa shape index (κ3) is 2.62. The van der Waals surface area contributed by atoms with Gasteiger partial charge in [0.15, 0.2) is 11.9 Å². The molecule has 1 aromatic heterocycles. The van der Waals surface area contributed by atoms with Gasteiger partial charge in [0.25, 0.3) is 0 Å². The molecule has 0 aliphatic carbocycles. The van der Waals surface area contributed by atoms with Crippen molar-refractivity contribution in [3.05, 3.63) is 46.2 Å². The van der Waals surface area contributed by atoms with Crippen molar-refractivity contribution in [2.45, 2.75) is 6.54 Å². The Morgan fingerprint density at radius 3 is 2.56 bits per heavy atom. The highest BCUT2D eigenvalue weighted by Crippen LogP contribution is 2.18. The second-order valence-corrected chi connectivity index (χ2v) is 4.34. The van der Waals surface area contributed by atoms with E-state index in [2.05, 4.69) is 4.98 Å². The summed E-state index contributed by atoms with van der Waals surface area (Å²) in [6.07, 6.45) is 2.01. The number of halogens is 1. The van der Waals surface area contributed by atoms with E-state index in [1.165, 1.54) is 40.5 Å². The van der Waals surface area contributed by atoms with Gasteiger partial charge >= 0.3 is 0 Å². The van der Waals surface area contributed by atoms with E-state index in [0.29, 0.717) is 16.4 Å². The van der Waals surface area contributed by atoms with E-state index < -0.39 is 0 Å². The fourth-order valence-corrected chi connectivity index (χ4v) is 2.08. The van der Waals surface area contributed by atoms with Crippen LogP contribution >= 0.6 is 11.3 Å². The maximum absolute atomic E-state index is 12.8. The van der Waals surface area contributed by atoms with Gasteiger partial charge in [-0.05, 0) is 24.3 Å². The summed E-state index contributed by atoms with van der Waals surface area (Å²) in [4.78, 5) is 5.44. The van der Waals surface area contributed by atoms with Crippen LogP contribution in [0.1, 0.15) is 10.7 Å². The molecule has 88 valence electrons. The first-order chi connectivity index (χ1) is 8.72. The second kappa shape index (κ2) is 5.26. The van der Waals surface area contributed by atoms with Crippen LogP contribution in [0.15, 0.2) is 29.6 Å². The lowest BCUT2D eigenvalue weighted by molar-refractivity contribution is 0.627. The highest BCUT2D eigenvalue weighted by molar-refractivity contribution is 7.09. The number of rotatable bonds is 3. The van der Waals surface area contributed by atoms with Crippen LogP contribution in [0.25, 0.3) is 0 Å². The van der Waals surface area contributed by atoms with Gasteiger partial charge in [0.1, 0.15) is 16.9 Å². The van der Waals surface area contributed by atoms with Crippen molar-refractivity contribution in [2.24, 2.45) is 0 Å². The molecule has 2 rings (SSSR count). The minimum absolute atomic E-state index is 0.272. The molecule has 2 aromatic rings. The van der Waals surface area contributed by atoms with E-state index in [1.54, 1.807) is 5.38 Å². The Morgan fingerprint density at radius 1 is 1.28 bits per heavy atom. The standard InChI is InChI=1S/C12H7FN4S/c13-9-1-3-11(4-2-9)17(8-15)6-12-16-10(5-14)7-18-12/h1-4,7H,6H2. The Labute approximate surface area is 107 Å². The molecule has 4 nitrogen and oxygen atoms in total. The average molecular weight is 258 g/mol. The first-order valence-corrected chi connectivity index (χ1v) is 5.88. The summed E-state index contributed by atoms with van der Waals surface area (Å²) in [5.41, 5.74) is 0.930. The summed E-state index contributed by atoms with van der Waals surface area (Å²) in [7, 11) is 0. The molecule has 0 amide bonds. The van der Waals surface area contributed by atoms with Gasteiger partial charge in [-0.3, -0.25) is 4.90 Å². The lowest BCUT2D eigenvalue weighted by atomic mass is 10.3. The number of anilines is 1. The van der Waals surface area contributed by atoms with Gasteiger partial charge in [-0.15, -0.1) is 11.3 Å². The third-order valence-electron chi connectivity index (χ3n) is 2.22. The number of nitrogens with zero attached hydrogens (tertiary/aromatic N) is 4. The Bertz CT molecular complexity index is 621. The highest BCUT2D eigenvalue weighted by atomic mass is 32.1. The fourth-order valence-electron chi connectivity index (χ4n) is 1.38. The molecule has 0 saturated heterocycles. The molecule has 0 unspecified atom stereocenters. The van der Waals surface area contributed by atoms with Gasteiger partial charge in [-0.1, -0.05) is 0 Å². The summed E-state index contributed by atoms with van der Waals surface area (Å²) in [6, 6.07) is 7.57. The predicted octanol–water partition coefficient (Wildman–Crippen LogP) is 2.64. The number of hydrogen-bond donors (Lipinski definition) is 0. The lowest BCUT2D eigenvalue weighted by Gasteiger charge is -2.13. The molecular formula is C12H7FN4S. The smallest absolute Gasteiger partial charge is 0.184 e. The van der Waals surface area contributed by atoms with Crippen LogP contribution < -0.4 is 4.90 Å². The summed E-state index contributed by atoms with van der Waals surface area (Å²) in [5.74, 6) is -0.349. The molecule has 1 heterocycles. The van der Waals surface area contributed by atoms with Crippen molar-refractivity contribution in [3.8, 4) is 12.3 Å². The minimum Gasteiger partial charge on any atom is -0.273 e. The molecule has 0 N–H and O–H groups in total. The van der Waals surface area contributed by atoms with Crippen molar-refractivity contribution < 1.29 is 4.39 Å². The van der Waals surface area contributed by atoms with E-state index in [9.17, 15) is 4.39 Å². The quantitative estimate of drug-likeness (QED) is 0.627. The predicted molar refractivity (Wildman–Crippen MR) is 65.0 cm³/mol. The highest BCUT2D eigenvalue weighted by Gasteiger charge is 2.09. The van der Waals surface area contributed by atoms with Gasteiger partial charge < -0.3 is 0 Å². The van der Waals surface area contributed by atoms with Crippen molar-refractivity contribution in [1.29, 1.82) is 10.5 Å². The molecule has 6 heteroatoms. The maximum Gasteiger partial charge on any atom is 0.184 e. The molecular weight excluding hydrogens is 251 g/mol. The molecule has 0 aliphatic rings. The number of nitriles is 2. The van der Waals surface area contributed by atoms with Crippen molar-refractivity contribution in [2.75, 3.05) is 4.90 Å². The summed E-state index contributed by atoms with van der Waals surface area (Å²) >= 11 is 1.32. The monoisotopic (exact) mass is 258 g/mol. The van der Waals surface area contributed by atoms with Crippen LogP contribution in [0, 0.1) is 28.6 Å². The zero-order chi connectivity index (χ0) is 13.0. The van der Waals surface area contributed by atoms with E-state index in [1.807, 2.05) is 12.3 Å². The van der Waals surface area contributed by atoms with Crippen LogP contribution in [0.4, 0.5) is 10.1 Å². The zero-order valence-electron chi connectivity index (χ0n) is 9.17. The number of hydrogen-bond acceptors (Lipinski definition) is 5. The molecule has 0 saturated carbocycles. The molecule has 0 aliphatic heterocycles. The van der Waals surface area contributed by atoms with Crippen LogP contribution in [0.5, 0.6) is 0 Å². The zero-order valence-corrected chi connectivity index (χ0v) is 9.99. The molecule has 0 atom stereocenters. The first kappa shape index (κ1) is 12.0. The minimum atomic E-state index is -0.349. The SMILES string of the molecule is N#Cc1csc(CN(C#N)c2ccc(F)cc2)n1. The summed E-state index contributed by atoms with van der Waals surface area (Å²) in [6.45, 7) is 0.272. The average Bonchev–Trinajstić information content (AvgIpc) is 2.85. The van der Waals surface area contributed by atoms with Crippen molar-refractivity contribution in [3.63, 3.8) is 0 Å². The fraction of sp³-hybridized carbons (Fsp3) is 0.0833. The second-order valence-electron chi connectivity index (χ2n) is 3.40. The van der Waals surface area contributed by atoms with Crippen molar-refractivity contribution in [1.82, 2.24) is 4.98 Å². The lowest BCUT2D eigenvalue weighted by Crippen LogP contribution is -2.15. The number of thiazole rings is 1. The molecule has 0 fully saturated rings. The van der Waals surface area contributed by atoms with Gasteiger partial charge in [0, 0.05) is 5.38 Å². The van der Waals surface area contributed by atoms with Gasteiger partial charge in [0.2, 0.25) is 0 Å². The van der Waals surface area contributed by atoms with Crippen LogP contribution in [0.3, 0.4) is 0 Å². The van der Waals surface area contributed by atoms with Gasteiger partial charge in [-0.25, -0.2) is 9.37 Å². The van der Waals surface area contributed by atoms with E-state index in [-0.39, 0.29) is 12.4 Å². The largest absolute Gasteiger partial charge is 0.273 e. The van der Waals surface area contributed by atoms with E-state index in [0.717, 1.165) is 0 Å². The van der Waals surface area contributed by atoms with E-state index in [4.69, 9.17) is 10.5 Å². The first-order valence-electron chi connectivity index (χ1n) is 5.00. The normalized spacial score (nSPS) is 9.50. The summed E-state index contributed by atoms with van der Waals surface area (Å²) < 4.78 is 12.8. The number of aromatic nitrogens is 1. The Hall–Kier alpha value is -2.44. The third-order valence-corrected chi connectivity index (χ3v) is 3.05. The Balaban J connectivity index is 2.18. The van der Waals surface area contributed by atoms with Gasteiger partial charge in [0.05, 0.1) is 12.2 Å². The molecule has 0 radical (unpaired) electrons. The summed E-state index contributed by atoms with van der Waals surface area (Å²) in [5, 5.41) is 20.0. The van der Waals surface area contributed by atoms with E-state index >= 15 is 0 Å². The van der Waals surface area contributed by atoms with Gasteiger partial charge in [-0.2, -0.15) is 10.5 Å². The van der Waals surface area contributed by atoms with Crippen molar-refractivity contribution >= 4 is 17.0 Å². The Morgan fingerprint density at radius 2 is 2.00 bits per heavy atom. The Kier molecular flexibility index (Phi) is 3.52. The number of benzene rings is 1. The molecule has 0 bridgehead atoms. The van der Waals surface area contributed by atoms with Crippen LogP contribution in [-0.4, -0.2) is 4.98 Å². The molecule has 18 heavy (non-hydrogen) atoms. The maximum atomic E-state index is 12.8. The van der Waals surface area contributed by atoms with Crippen LogP contribution in [0.2, 0.25) is 0 Å².